The standard InChI is InChI=1S/C72H58N2/c1-71(2,3)55-44-54(45-56(46-55)72(4,5)6)49-26-24-47(25-27-49)48-28-36-57(37-29-48)73(58-38-30-51(31-39-58)60-19-11-10-18-59(60)50-16-8-7-9-17-50)67-42-34-52-33-41-64-68(43-35-53-32-40-63(67)69(52)70(53)64)74-65-22-14-12-20-61(65)62-21-13-15-23-66(62)74/h7-46H,1-6H3. The van der Waals surface area contributed by atoms with Crippen LogP contribution in [0.2, 0.25) is 0 Å². The minimum absolute atomic E-state index is 0.0525. The van der Waals surface area contributed by atoms with E-state index in [0.717, 1.165) is 17.1 Å². The van der Waals surface area contributed by atoms with Crippen LogP contribution in [-0.4, -0.2) is 4.57 Å². The first kappa shape index (κ1) is 45.2. The normalized spacial score (nSPS) is 12.2. The number of aromatic nitrogens is 1. The van der Waals surface area contributed by atoms with Crippen molar-refractivity contribution in [2.24, 2.45) is 0 Å². The molecule has 2 heteroatoms. The molecule has 0 aliphatic carbocycles. The average molecular weight is 951 g/mol. The Labute approximate surface area is 434 Å². The Morgan fingerprint density at radius 1 is 0.311 bits per heavy atom. The van der Waals surface area contributed by atoms with Crippen LogP contribution in [-0.2, 0) is 10.8 Å². The van der Waals surface area contributed by atoms with E-state index in [4.69, 9.17) is 0 Å². The SMILES string of the molecule is CC(C)(C)c1cc(-c2ccc(-c3ccc(N(c4ccc(-c5ccccc5-c5ccccc5)cc4)c4ccc5ccc6c(-n7c8ccccc8c8ccccc87)ccc7ccc4c5c76)cc3)cc2)cc(C(C)(C)C)c1. The maximum atomic E-state index is 2.46. The highest BCUT2D eigenvalue weighted by molar-refractivity contribution is 6.27. The monoisotopic (exact) mass is 950 g/mol. The molecule has 0 N–H and O–H groups in total. The van der Waals surface area contributed by atoms with Crippen molar-refractivity contribution >= 4 is 71.2 Å². The van der Waals surface area contributed by atoms with Gasteiger partial charge in [-0.25, -0.2) is 0 Å². The maximum Gasteiger partial charge on any atom is 0.0541 e. The van der Waals surface area contributed by atoms with E-state index in [1.807, 2.05) is 0 Å². The summed E-state index contributed by atoms with van der Waals surface area (Å²) in [6.45, 7) is 13.8. The Kier molecular flexibility index (Phi) is 10.7. The molecule has 356 valence electrons. The topological polar surface area (TPSA) is 8.17 Å². The van der Waals surface area contributed by atoms with E-state index in [2.05, 4.69) is 294 Å². The first-order chi connectivity index (χ1) is 36.0. The summed E-state index contributed by atoms with van der Waals surface area (Å²) in [4.78, 5) is 2.45. The van der Waals surface area contributed by atoms with E-state index in [1.165, 1.54) is 115 Å². The van der Waals surface area contributed by atoms with Gasteiger partial charge in [0.15, 0.2) is 0 Å². The lowest BCUT2D eigenvalue weighted by Gasteiger charge is -2.28. The van der Waals surface area contributed by atoms with Gasteiger partial charge < -0.3 is 9.47 Å². The predicted octanol–water partition coefficient (Wildman–Crippen LogP) is 20.4. The molecule has 13 rings (SSSR count). The molecule has 0 aliphatic heterocycles. The van der Waals surface area contributed by atoms with Gasteiger partial charge in [0.1, 0.15) is 0 Å². The van der Waals surface area contributed by atoms with Crippen LogP contribution < -0.4 is 4.90 Å². The van der Waals surface area contributed by atoms with E-state index in [-0.39, 0.29) is 10.8 Å². The van der Waals surface area contributed by atoms with Crippen LogP contribution in [0.1, 0.15) is 52.7 Å². The quantitative estimate of drug-likeness (QED) is 0.138. The molecule has 0 unspecified atom stereocenters. The van der Waals surface area contributed by atoms with Crippen molar-refractivity contribution in [2.75, 3.05) is 4.90 Å². The zero-order valence-electron chi connectivity index (χ0n) is 43.0. The zero-order chi connectivity index (χ0) is 50.3. The Morgan fingerprint density at radius 3 is 1.28 bits per heavy atom. The second-order valence-electron chi connectivity index (χ2n) is 22.2. The number of anilines is 3. The van der Waals surface area contributed by atoms with Crippen molar-refractivity contribution in [1.29, 1.82) is 0 Å². The molecule has 0 spiro atoms. The predicted molar refractivity (Wildman–Crippen MR) is 318 cm³/mol. The largest absolute Gasteiger partial charge is 0.310 e. The highest BCUT2D eigenvalue weighted by Crippen LogP contribution is 2.47. The number of rotatable bonds is 8. The smallest absolute Gasteiger partial charge is 0.0541 e. The van der Waals surface area contributed by atoms with Crippen molar-refractivity contribution in [1.82, 2.24) is 4.57 Å². The highest BCUT2D eigenvalue weighted by Gasteiger charge is 2.23. The van der Waals surface area contributed by atoms with Crippen LogP contribution in [0.3, 0.4) is 0 Å². The van der Waals surface area contributed by atoms with E-state index in [0.29, 0.717) is 0 Å². The van der Waals surface area contributed by atoms with Gasteiger partial charge >= 0.3 is 0 Å². The van der Waals surface area contributed by atoms with Crippen molar-refractivity contribution in [2.45, 2.75) is 52.4 Å². The molecule has 0 amide bonds. The molecule has 0 saturated carbocycles. The molecule has 12 aromatic carbocycles. The lowest BCUT2D eigenvalue weighted by Crippen LogP contribution is -2.16. The molecule has 0 aliphatic rings. The number of hydrogen-bond acceptors (Lipinski definition) is 1. The van der Waals surface area contributed by atoms with E-state index in [1.54, 1.807) is 0 Å². The summed E-state index contributed by atoms with van der Waals surface area (Å²) in [5, 5.41) is 10.0. The molecule has 1 aromatic heterocycles. The van der Waals surface area contributed by atoms with Gasteiger partial charge in [0.25, 0.3) is 0 Å². The summed E-state index contributed by atoms with van der Waals surface area (Å²) in [5.74, 6) is 0. The number of nitrogens with zero attached hydrogens (tertiary/aromatic N) is 2. The number of fused-ring (bicyclic) bond motifs is 3. The van der Waals surface area contributed by atoms with Crippen molar-refractivity contribution in [3.05, 3.63) is 254 Å². The second-order valence-corrected chi connectivity index (χ2v) is 22.2. The number of benzene rings is 12. The van der Waals surface area contributed by atoms with Crippen LogP contribution in [0, 0.1) is 0 Å². The van der Waals surface area contributed by atoms with Crippen LogP contribution in [0.4, 0.5) is 17.1 Å². The van der Waals surface area contributed by atoms with Crippen LogP contribution in [0.5, 0.6) is 0 Å². The van der Waals surface area contributed by atoms with Gasteiger partial charge in [-0.1, -0.05) is 236 Å². The summed E-state index contributed by atoms with van der Waals surface area (Å²) in [6.07, 6.45) is 0. The fourth-order valence-electron chi connectivity index (χ4n) is 11.5. The Morgan fingerprint density at radius 2 is 0.730 bits per heavy atom. The molecular formula is C72H58N2. The molecule has 74 heavy (non-hydrogen) atoms. The molecule has 13 aromatic rings. The van der Waals surface area contributed by atoms with Gasteiger partial charge in [-0.15, -0.1) is 0 Å². The molecular weight excluding hydrogens is 893 g/mol. The van der Waals surface area contributed by atoms with Gasteiger partial charge in [0.2, 0.25) is 0 Å². The van der Waals surface area contributed by atoms with E-state index < -0.39 is 0 Å². The van der Waals surface area contributed by atoms with Crippen LogP contribution in [0.25, 0.3) is 104 Å². The second kappa shape index (κ2) is 17.5. The summed E-state index contributed by atoms with van der Waals surface area (Å²) in [7, 11) is 0. The van der Waals surface area contributed by atoms with Crippen molar-refractivity contribution < 1.29 is 0 Å². The third kappa shape index (κ3) is 7.72. The summed E-state index contributed by atoms with van der Waals surface area (Å²) in [6, 6.07) is 90.3. The molecule has 0 bridgehead atoms. The lowest BCUT2D eigenvalue weighted by atomic mass is 9.79. The van der Waals surface area contributed by atoms with Crippen LogP contribution >= 0.6 is 0 Å². The van der Waals surface area contributed by atoms with Gasteiger partial charge in [0, 0.05) is 32.9 Å². The highest BCUT2D eigenvalue weighted by atomic mass is 15.1. The third-order valence-corrected chi connectivity index (χ3v) is 15.5. The molecule has 2 nitrogen and oxygen atoms in total. The number of hydrogen-bond donors (Lipinski definition) is 0. The summed E-state index contributed by atoms with van der Waals surface area (Å²) >= 11 is 0. The fourth-order valence-corrected chi connectivity index (χ4v) is 11.5. The molecule has 0 radical (unpaired) electrons. The molecule has 1 heterocycles. The van der Waals surface area contributed by atoms with E-state index >= 15 is 0 Å². The third-order valence-electron chi connectivity index (χ3n) is 15.5. The maximum absolute atomic E-state index is 2.46. The van der Waals surface area contributed by atoms with Gasteiger partial charge in [-0.2, -0.15) is 0 Å². The minimum atomic E-state index is 0.0525. The minimum Gasteiger partial charge on any atom is -0.310 e. The van der Waals surface area contributed by atoms with E-state index in [9.17, 15) is 0 Å². The van der Waals surface area contributed by atoms with Gasteiger partial charge in [-0.3, -0.25) is 0 Å². The van der Waals surface area contributed by atoms with Crippen molar-refractivity contribution in [3.8, 4) is 50.2 Å². The Balaban J connectivity index is 0.943. The first-order valence-corrected chi connectivity index (χ1v) is 26.1. The average Bonchev–Trinajstić information content (AvgIpc) is 3.77. The van der Waals surface area contributed by atoms with Crippen molar-refractivity contribution in [3.63, 3.8) is 0 Å². The summed E-state index contributed by atoms with van der Waals surface area (Å²) < 4.78 is 2.46. The van der Waals surface area contributed by atoms with Gasteiger partial charge in [-0.05, 0) is 137 Å². The molecule has 0 fully saturated rings. The van der Waals surface area contributed by atoms with Crippen LogP contribution in [0.15, 0.2) is 243 Å². The Hall–Kier alpha value is -8.72. The fraction of sp³-hybridized carbons (Fsp3) is 0.111. The summed E-state index contributed by atoms with van der Waals surface area (Å²) in [5.41, 5.74) is 19.5. The zero-order valence-corrected chi connectivity index (χ0v) is 43.0. The number of para-hydroxylation sites is 2. The molecule has 0 saturated heterocycles. The van der Waals surface area contributed by atoms with Gasteiger partial charge in [0.05, 0.1) is 22.4 Å². The first-order valence-electron chi connectivity index (χ1n) is 26.1. The molecule has 0 atom stereocenters. The lowest BCUT2D eigenvalue weighted by molar-refractivity contribution is 0.569. The Bertz CT molecular complexity index is 4130.